The van der Waals surface area contributed by atoms with E-state index < -0.39 is 0 Å². The quantitative estimate of drug-likeness (QED) is 0.749. The van der Waals surface area contributed by atoms with Crippen LogP contribution >= 0.6 is 0 Å². The number of nitrogens with one attached hydrogen (secondary N) is 2. The summed E-state index contributed by atoms with van der Waals surface area (Å²) in [6.45, 7) is 2.96. The van der Waals surface area contributed by atoms with Gasteiger partial charge in [-0.05, 0) is 30.0 Å². The minimum Gasteiger partial charge on any atom is -0.361 e. The number of hydrogen-bond acceptors (Lipinski definition) is 1. The molecule has 82 valence electrons. The SMILES string of the molecule is C#CCC(C)NCc1ccc2cc[nH]c2c1. The first kappa shape index (κ1) is 10.8. The molecule has 1 unspecified atom stereocenters. The zero-order valence-electron chi connectivity index (χ0n) is 9.46. The second-order valence-corrected chi connectivity index (χ2v) is 4.09. The third-order valence-corrected chi connectivity index (χ3v) is 2.70. The predicted molar refractivity (Wildman–Crippen MR) is 68.1 cm³/mol. The lowest BCUT2D eigenvalue weighted by Crippen LogP contribution is -2.24. The van der Waals surface area contributed by atoms with E-state index in [2.05, 4.69) is 47.4 Å². The zero-order valence-corrected chi connectivity index (χ0v) is 9.46. The van der Waals surface area contributed by atoms with Crippen molar-refractivity contribution in [3.05, 3.63) is 36.0 Å². The van der Waals surface area contributed by atoms with E-state index in [0.717, 1.165) is 13.0 Å². The van der Waals surface area contributed by atoms with Crippen LogP contribution in [-0.4, -0.2) is 11.0 Å². The lowest BCUT2D eigenvalue weighted by atomic mass is 10.1. The van der Waals surface area contributed by atoms with Crippen LogP contribution in [0.4, 0.5) is 0 Å². The first-order valence-electron chi connectivity index (χ1n) is 5.52. The molecular weight excluding hydrogens is 196 g/mol. The maximum Gasteiger partial charge on any atom is 0.0457 e. The van der Waals surface area contributed by atoms with Crippen molar-refractivity contribution < 1.29 is 0 Å². The number of fused-ring (bicyclic) bond motifs is 1. The molecule has 0 aliphatic carbocycles. The highest BCUT2D eigenvalue weighted by atomic mass is 14.9. The fourth-order valence-electron chi connectivity index (χ4n) is 1.75. The Morgan fingerprint density at radius 2 is 2.31 bits per heavy atom. The van der Waals surface area contributed by atoms with Crippen molar-refractivity contribution in [1.82, 2.24) is 10.3 Å². The van der Waals surface area contributed by atoms with Crippen molar-refractivity contribution in [2.24, 2.45) is 0 Å². The van der Waals surface area contributed by atoms with Gasteiger partial charge in [-0.2, -0.15) is 0 Å². The molecule has 2 heteroatoms. The minimum atomic E-state index is 0.365. The van der Waals surface area contributed by atoms with Crippen LogP contribution in [0.25, 0.3) is 10.9 Å². The van der Waals surface area contributed by atoms with Crippen LogP contribution in [0.15, 0.2) is 30.5 Å². The molecule has 0 spiro atoms. The molecular formula is C14H16N2. The Labute approximate surface area is 96.1 Å². The third-order valence-electron chi connectivity index (χ3n) is 2.70. The van der Waals surface area contributed by atoms with Gasteiger partial charge in [0.1, 0.15) is 0 Å². The molecule has 2 N–H and O–H groups in total. The molecule has 0 saturated heterocycles. The molecule has 16 heavy (non-hydrogen) atoms. The van der Waals surface area contributed by atoms with Crippen LogP contribution in [0.3, 0.4) is 0 Å². The number of hydrogen-bond donors (Lipinski definition) is 2. The van der Waals surface area contributed by atoms with E-state index in [1.54, 1.807) is 0 Å². The molecule has 1 aromatic heterocycles. The summed E-state index contributed by atoms with van der Waals surface area (Å²) in [6, 6.07) is 8.89. The topological polar surface area (TPSA) is 27.8 Å². The van der Waals surface area contributed by atoms with Gasteiger partial charge < -0.3 is 10.3 Å². The summed E-state index contributed by atoms with van der Waals surface area (Å²) in [5.74, 6) is 2.66. The molecule has 0 amide bonds. The van der Waals surface area contributed by atoms with E-state index in [1.165, 1.54) is 16.5 Å². The van der Waals surface area contributed by atoms with Crippen LogP contribution in [0, 0.1) is 12.3 Å². The van der Waals surface area contributed by atoms with Crippen molar-refractivity contribution in [3.63, 3.8) is 0 Å². The van der Waals surface area contributed by atoms with E-state index in [0.29, 0.717) is 6.04 Å². The molecule has 0 saturated carbocycles. The lowest BCUT2D eigenvalue weighted by Gasteiger charge is -2.10. The molecule has 2 nitrogen and oxygen atoms in total. The van der Waals surface area contributed by atoms with Crippen LogP contribution in [0.2, 0.25) is 0 Å². The second kappa shape index (κ2) is 4.87. The van der Waals surface area contributed by atoms with Gasteiger partial charge >= 0.3 is 0 Å². The highest BCUT2D eigenvalue weighted by Gasteiger charge is 2.00. The first-order chi connectivity index (χ1) is 7.79. The maximum atomic E-state index is 5.26. The summed E-state index contributed by atoms with van der Waals surface area (Å²) in [7, 11) is 0. The van der Waals surface area contributed by atoms with Gasteiger partial charge in [0.05, 0.1) is 0 Å². The summed E-state index contributed by atoms with van der Waals surface area (Å²) < 4.78 is 0. The van der Waals surface area contributed by atoms with Crippen molar-refractivity contribution in [1.29, 1.82) is 0 Å². The highest BCUT2D eigenvalue weighted by Crippen LogP contribution is 2.14. The Balaban J connectivity index is 2.01. The number of benzene rings is 1. The van der Waals surface area contributed by atoms with E-state index in [4.69, 9.17) is 6.42 Å². The molecule has 0 aliphatic heterocycles. The van der Waals surface area contributed by atoms with Gasteiger partial charge in [0.15, 0.2) is 0 Å². The average Bonchev–Trinajstić information content (AvgIpc) is 2.74. The normalized spacial score (nSPS) is 12.5. The Hall–Kier alpha value is -1.72. The van der Waals surface area contributed by atoms with Crippen molar-refractivity contribution >= 4 is 10.9 Å². The van der Waals surface area contributed by atoms with E-state index in [1.807, 2.05) is 6.20 Å². The second-order valence-electron chi connectivity index (χ2n) is 4.09. The van der Waals surface area contributed by atoms with Crippen molar-refractivity contribution in [2.75, 3.05) is 0 Å². The van der Waals surface area contributed by atoms with Gasteiger partial charge in [-0.3, -0.25) is 0 Å². The summed E-state index contributed by atoms with van der Waals surface area (Å²) in [5.41, 5.74) is 2.46. The van der Waals surface area contributed by atoms with Crippen LogP contribution in [0.5, 0.6) is 0 Å². The predicted octanol–water partition coefficient (Wildman–Crippen LogP) is 2.67. The zero-order chi connectivity index (χ0) is 11.4. The highest BCUT2D eigenvalue weighted by molar-refractivity contribution is 5.79. The number of aromatic amines is 1. The van der Waals surface area contributed by atoms with Gasteiger partial charge in [0, 0.05) is 30.7 Å². The minimum absolute atomic E-state index is 0.365. The fraction of sp³-hybridized carbons (Fsp3) is 0.286. The van der Waals surface area contributed by atoms with Crippen LogP contribution in [-0.2, 0) is 6.54 Å². The van der Waals surface area contributed by atoms with Gasteiger partial charge in [-0.1, -0.05) is 12.1 Å². The average molecular weight is 212 g/mol. The lowest BCUT2D eigenvalue weighted by molar-refractivity contribution is 0.559. The molecule has 0 radical (unpaired) electrons. The first-order valence-corrected chi connectivity index (χ1v) is 5.52. The summed E-state index contributed by atoms with van der Waals surface area (Å²) >= 11 is 0. The molecule has 0 bridgehead atoms. The Kier molecular flexibility index (Phi) is 3.28. The molecule has 1 heterocycles. The smallest absolute Gasteiger partial charge is 0.0457 e. The van der Waals surface area contributed by atoms with Gasteiger partial charge in [0.25, 0.3) is 0 Å². The van der Waals surface area contributed by atoms with E-state index in [9.17, 15) is 0 Å². The summed E-state index contributed by atoms with van der Waals surface area (Å²) in [6.07, 6.45) is 7.99. The molecule has 0 aliphatic rings. The molecule has 2 rings (SSSR count). The number of H-pyrrole nitrogens is 1. The molecule has 1 aromatic carbocycles. The summed E-state index contributed by atoms with van der Waals surface area (Å²) in [4.78, 5) is 3.21. The molecule has 0 fully saturated rings. The van der Waals surface area contributed by atoms with Gasteiger partial charge in [-0.25, -0.2) is 0 Å². The Morgan fingerprint density at radius 3 is 3.12 bits per heavy atom. The maximum absolute atomic E-state index is 5.26. The van der Waals surface area contributed by atoms with Gasteiger partial charge in [0.2, 0.25) is 0 Å². The van der Waals surface area contributed by atoms with Crippen molar-refractivity contribution in [3.8, 4) is 12.3 Å². The largest absolute Gasteiger partial charge is 0.361 e. The third kappa shape index (κ3) is 2.44. The Bertz CT molecular complexity index is 505. The standard InChI is InChI=1S/C14H16N2/c1-3-4-11(2)16-10-12-5-6-13-7-8-15-14(13)9-12/h1,5-9,11,15-16H,4,10H2,2H3. The van der Waals surface area contributed by atoms with Crippen LogP contribution < -0.4 is 5.32 Å². The monoisotopic (exact) mass is 212 g/mol. The molecule has 2 aromatic rings. The number of aromatic nitrogens is 1. The number of rotatable bonds is 4. The fourth-order valence-corrected chi connectivity index (χ4v) is 1.75. The van der Waals surface area contributed by atoms with E-state index in [-0.39, 0.29) is 0 Å². The number of terminal acetylenes is 1. The van der Waals surface area contributed by atoms with Crippen molar-refractivity contribution in [2.45, 2.75) is 25.9 Å². The van der Waals surface area contributed by atoms with Gasteiger partial charge in [-0.15, -0.1) is 12.3 Å². The molecule has 1 atom stereocenters. The summed E-state index contributed by atoms with van der Waals surface area (Å²) in [5, 5.41) is 4.65. The Morgan fingerprint density at radius 1 is 1.44 bits per heavy atom. The van der Waals surface area contributed by atoms with Crippen LogP contribution in [0.1, 0.15) is 18.9 Å². The van der Waals surface area contributed by atoms with E-state index >= 15 is 0 Å².